The summed E-state index contributed by atoms with van der Waals surface area (Å²) in [5.74, 6) is -0.234. The zero-order valence-corrected chi connectivity index (χ0v) is 12.7. The van der Waals surface area contributed by atoms with Gasteiger partial charge < -0.3 is 9.72 Å². The first kappa shape index (κ1) is 15.7. The highest BCUT2D eigenvalue weighted by Crippen LogP contribution is 2.11. The van der Waals surface area contributed by atoms with Crippen molar-refractivity contribution in [3.05, 3.63) is 58.4 Å². The first-order chi connectivity index (χ1) is 10.6. The number of H-pyrrole nitrogens is 1. The molecule has 1 heterocycles. The van der Waals surface area contributed by atoms with Gasteiger partial charge in [0.25, 0.3) is 11.8 Å². The molecule has 2 rings (SSSR count). The molecule has 114 valence electrons. The molecule has 0 spiro atoms. The number of hydrazine groups is 1. The lowest BCUT2D eigenvalue weighted by atomic mass is 10.2. The van der Waals surface area contributed by atoms with Crippen molar-refractivity contribution in [3.63, 3.8) is 0 Å². The van der Waals surface area contributed by atoms with E-state index in [1.165, 1.54) is 0 Å². The van der Waals surface area contributed by atoms with Crippen LogP contribution in [0.5, 0.6) is 5.75 Å². The van der Waals surface area contributed by atoms with Gasteiger partial charge in [-0.05, 0) is 43.3 Å². The Labute approximate surface area is 132 Å². The Kier molecular flexibility index (Phi) is 5.26. The van der Waals surface area contributed by atoms with Gasteiger partial charge in [0.15, 0.2) is 0 Å². The number of hydrogen-bond donors (Lipinski definition) is 3. The molecule has 0 saturated heterocycles. The monoisotopic (exact) mass is 317 g/mol. The maximum absolute atomic E-state index is 11.9. The summed E-state index contributed by atoms with van der Waals surface area (Å²) >= 11 is 5.00. The van der Waals surface area contributed by atoms with Crippen LogP contribution in [-0.4, -0.2) is 23.4 Å². The Bertz CT molecular complexity index is 725. The standard InChI is InChI=1S/C15H15N3O3S/c1-2-21-11-7-5-10(6-8-11)13(19)17-18-14(20)12-4-3-9-16-15(12)22/h3-9H,2H2,1H3,(H,16,22)(H,17,19)(H,18,20). The largest absolute Gasteiger partial charge is 0.494 e. The van der Waals surface area contributed by atoms with Crippen LogP contribution in [0.3, 0.4) is 0 Å². The third kappa shape index (κ3) is 3.92. The van der Waals surface area contributed by atoms with E-state index in [0.717, 1.165) is 0 Å². The van der Waals surface area contributed by atoms with E-state index in [9.17, 15) is 9.59 Å². The maximum atomic E-state index is 11.9. The number of amides is 2. The minimum Gasteiger partial charge on any atom is -0.494 e. The number of pyridine rings is 1. The molecular formula is C15H15N3O3S. The second-order valence-corrected chi connectivity index (χ2v) is 4.69. The Balaban J connectivity index is 1.96. The van der Waals surface area contributed by atoms with Crippen LogP contribution >= 0.6 is 12.2 Å². The summed E-state index contributed by atoms with van der Waals surface area (Å²) in [5, 5.41) is 0. The minimum absolute atomic E-state index is 0.282. The molecular weight excluding hydrogens is 302 g/mol. The van der Waals surface area contributed by atoms with E-state index in [0.29, 0.717) is 22.6 Å². The molecule has 0 saturated carbocycles. The molecule has 1 aromatic carbocycles. The number of benzene rings is 1. The van der Waals surface area contributed by atoms with Gasteiger partial charge in [0.2, 0.25) is 0 Å². The van der Waals surface area contributed by atoms with Crippen molar-refractivity contribution in [2.24, 2.45) is 0 Å². The summed E-state index contributed by atoms with van der Waals surface area (Å²) in [6.45, 7) is 2.43. The van der Waals surface area contributed by atoms with Crippen molar-refractivity contribution < 1.29 is 14.3 Å². The summed E-state index contributed by atoms with van der Waals surface area (Å²) in [6, 6.07) is 9.82. The smallest absolute Gasteiger partial charge is 0.272 e. The summed E-state index contributed by atoms with van der Waals surface area (Å²) in [7, 11) is 0. The highest BCUT2D eigenvalue weighted by molar-refractivity contribution is 7.71. The molecule has 3 N–H and O–H groups in total. The highest BCUT2D eigenvalue weighted by Gasteiger charge is 2.10. The molecule has 2 aromatic rings. The molecule has 0 aliphatic heterocycles. The van der Waals surface area contributed by atoms with Gasteiger partial charge in [-0.1, -0.05) is 12.2 Å². The van der Waals surface area contributed by atoms with Gasteiger partial charge in [-0.3, -0.25) is 20.4 Å². The van der Waals surface area contributed by atoms with Crippen LogP contribution in [0.4, 0.5) is 0 Å². The van der Waals surface area contributed by atoms with Crippen LogP contribution in [-0.2, 0) is 0 Å². The van der Waals surface area contributed by atoms with Gasteiger partial charge >= 0.3 is 0 Å². The van der Waals surface area contributed by atoms with E-state index in [1.807, 2.05) is 6.92 Å². The Morgan fingerprint density at radius 1 is 1.14 bits per heavy atom. The topological polar surface area (TPSA) is 83.2 Å². The van der Waals surface area contributed by atoms with Crippen LogP contribution in [0.2, 0.25) is 0 Å². The van der Waals surface area contributed by atoms with E-state index >= 15 is 0 Å². The van der Waals surface area contributed by atoms with Crippen molar-refractivity contribution in [3.8, 4) is 5.75 Å². The molecule has 0 fully saturated rings. The Morgan fingerprint density at radius 3 is 2.45 bits per heavy atom. The van der Waals surface area contributed by atoms with Crippen molar-refractivity contribution >= 4 is 24.0 Å². The van der Waals surface area contributed by atoms with Gasteiger partial charge in [-0.2, -0.15) is 0 Å². The van der Waals surface area contributed by atoms with Gasteiger partial charge in [0.05, 0.1) is 12.2 Å². The van der Waals surface area contributed by atoms with Crippen molar-refractivity contribution in [1.29, 1.82) is 0 Å². The molecule has 0 radical (unpaired) electrons. The summed E-state index contributed by atoms with van der Waals surface area (Å²) in [4.78, 5) is 26.6. The predicted octanol–water partition coefficient (Wildman–Crippen LogP) is 2.22. The number of nitrogens with one attached hydrogen (secondary N) is 3. The Hall–Kier alpha value is -2.67. The zero-order valence-electron chi connectivity index (χ0n) is 11.9. The van der Waals surface area contributed by atoms with Gasteiger partial charge in [0, 0.05) is 11.8 Å². The number of aromatic nitrogens is 1. The maximum Gasteiger partial charge on any atom is 0.272 e. The van der Waals surface area contributed by atoms with Crippen LogP contribution in [0.15, 0.2) is 42.6 Å². The summed E-state index contributed by atoms with van der Waals surface area (Å²) in [6.07, 6.45) is 1.62. The second-order valence-electron chi connectivity index (χ2n) is 4.28. The third-order valence-corrected chi connectivity index (χ3v) is 3.12. The molecule has 0 aliphatic carbocycles. The van der Waals surface area contributed by atoms with E-state index in [2.05, 4.69) is 15.8 Å². The number of carbonyl (C=O) groups excluding carboxylic acids is 2. The van der Waals surface area contributed by atoms with Gasteiger partial charge in [-0.15, -0.1) is 0 Å². The minimum atomic E-state index is -0.485. The molecule has 1 aromatic heterocycles. The number of carbonyl (C=O) groups is 2. The molecule has 22 heavy (non-hydrogen) atoms. The average molecular weight is 317 g/mol. The number of ether oxygens (including phenoxy) is 1. The number of rotatable bonds is 4. The average Bonchev–Trinajstić information content (AvgIpc) is 2.54. The van der Waals surface area contributed by atoms with Crippen LogP contribution < -0.4 is 15.6 Å². The molecule has 0 atom stereocenters. The number of hydrogen-bond acceptors (Lipinski definition) is 4. The van der Waals surface area contributed by atoms with E-state index in [4.69, 9.17) is 17.0 Å². The SMILES string of the molecule is CCOc1ccc(C(=O)NNC(=O)c2ccc[nH]c2=S)cc1. The van der Waals surface area contributed by atoms with Crippen LogP contribution in [0, 0.1) is 4.64 Å². The van der Waals surface area contributed by atoms with Gasteiger partial charge in [-0.25, -0.2) is 0 Å². The normalized spacial score (nSPS) is 9.86. The quantitative estimate of drug-likeness (QED) is 0.596. The Morgan fingerprint density at radius 2 is 1.82 bits per heavy atom. The zero-order chi connectivity index (χ0) is 15.9. The van der Waals surface area contributed by atoms with E-state index in [1.54, 1.807) is 42.6 Å². The molecule has 6 nitrogen and oxygen atoms in total. The first-order valence-corrected chi connectivity index (χ1v) is 7.04. The molecule has 0 bridgehead atoms. The lowest BCUT2D eigenvalue weighted by Crippen LogP contribution is -2.41. The lowest BCUT2D eigenvalue weighted by molar-refractivity contribution is 0.0846. The third-order valence-electron chi connectivity index (χ3n) is 2.78. The van der Waals surface area contributed by atoms with Crippen molar-refractivity contribution in [2.75, 3.05) is 6.61 Å². The lowest BCUT2D eigenvalue weighted by Gasteiger charge is -2.08. The second kappa shape index (κ2) is 7.37. The summed E-state index contributed by atoms with van der Waals surface area (Å²) < 4.78 is 5.59. The molecule has 2 amide bonds. The number of aromatic amines is 1. The fourth-order valence-electron chi connectivity index (χ4n) is 1.72. The van der Waals surface area contributed by atoms with E-state index in [-0.39, 0.29) is 5.56 Å². The van der Waals surface area contributed by atoms with E-state index < -0.39 is 11.8 Å². The molecule has 0 unspecified atom stereocenters. The predicted molar refractivity (Wildman–Crippen MR) is 84.2 cm³/mol. The molecule has 0 aliphatic rings. The summed E-state index contributed by atoms with van der Waals surface area (Å²) in [5.41, 5.74) is 5.34. The van der Waals surface area contributed by atoms with Gasteiger partial charge in [0.1, 0.15) is 10.4 Å². The van der Waals surface area contributed by atoms with Crippen molar-refractivity contribution in [1.82, 2.24) is 15.8 Å². The fraction of sp³-hybridized carbons (Fsp3) is 0.133. The fourth-order valence-corrected chi connectivity index (χ4v) is 1.95. The van der Waals surface area contributed by atoms with Crippen molar-refractivity contribution in [2.45, 2.75) is 6.92 Å². The first-order valence-electron chi connectivity index (χ1n) is 6.63. The van der Waals surface area contributed by atoms with Crippen LogP contribution in [0.1, 0.15) is 27.6 Å². The molecule has 7 heteroatoms. The highest BCUT2D eigenvalue weighted by atomic mass is 32.1. The van der Waals surface area contributed by atoms with Crippen LogP contribution in [0.25, 0.3) is 0 Å².